The number of likely N-dealkylation sites (N-methyl/N-ethyl adjacent to an activating group) is 1. The molecule has 1 aliphatic rings. The third-order valence-electron chi connectivity index (χ3n) is 5.36. The van der Waals surface area contributed by atoms with Gasteiger partial charge in [-0.3, -0.25) is 9.78 Å². The molecule has 0 bridgehead atoms. The molecule has 1 N–H and O–H groups in total. The molecule has 4 aromatic rings. The van der Waals surface area contributed by atoms with Crippen molar-refractivity contribution in [3.63, 3.8) is 0 Å². The molecule has 9 heteroatoms. The second-order valence-electron chi connectivity index (χ2n) is 7.50. The number of pyridine rings is 3. The van der Waals surface area contributed by atoms with E-state index in [2.05, 4.69) is 42.1 Å². The van der Waals surface area contributed by atoms with Crippen LogP contribution in [-0.2, 0) is 0 Å². The molecule has 1 aliphatic heterocycles. The molecule has 31 heavy (non-hydrogen) atoms. The summed E-state index contributed by atoms with van der Waals surface area (Å²) in [6.07, 6.45) is 8.05. The van der Waals surface area contributed by atoms with E-state index in [0.717, 1.165) is 42.8 Å². The molecule has 9 nitrogen and oxygen atoms in total. The quantitative estimate of drug-likeness (QED) is 0.543. The van der Waals surface area contributed by atoms with Gasteiger partial charge in [0.15, 0.2) is 12.2 Å². The highest BCUT2D eigenvalue weighted by Gasteiger charge is 2.17. The normalized spacial score (nSPS) is 14.7. The van der Waals surface area contributed by atoms with Crippen molar-refractivity contribution in [2.24, 2.45) is 0 Å². The molecule has 5 rings (SSSR count). The summed E-state index contributed by atoms with van der Waals surface area (Å²) in [5.74, 6) is 1.63. The van der Waals surface area contributed by atoms with Gasteiger partial charge in [0, 0.05) is 55.7 Å². The standard InChI is InChI=1S/C22H21N7O2/c1-28-4-6-29(7-5-28)21-10-15(2-3-24-21)22(30)27-20-9-16-8-18(19-13-23-14-31-19)25-11-17(16)12-26-20/h2-3,8-14H,4-7H2,1H3,(H,26,27,30). The number of fused-ring (bicyclic) bond motifs is 1. The Hall–Kier alpha value is -3.85. The largest absolute Gasteiger partial charge is 0.442 e. The highest BCUT2D eigenvalue weighted by molar-refractivity contribution is 6.04. The number of anilines is 2. The number of carbonyl (C=O) groups is 1. The first-order valence-corrected chi connectivity index (χ1v) is 10.0. The van der Waals surface area contributed by atoms with Crippen LogP contribution in [0, 0.1) is 0 Å². The zero-order valence-corrected chi connectivity index (χ0v) is 17.0. The van der Waals surface area contributed by atoms with Crippen LogP contribution in [0.4, 0.5) is 11.6 Å². The number of oxazole rings is 1. The van der Waals surface area contributed by atoms with E-state index in [9.17, 15) is 4.79 Å². The summed E-state index contributed by atoms with van der Waals surface area (Å²) in [5.41, 5.74) is 1.21. The van der Waals surface area contributed by atoms with Crippen molar-refractivity contribution in [1.82, 2.24) is 24.8 Å². The summed E-state index contributed by atoms with van der Waals surface area (Å²) in [6, 6.07) is 7.23. The predicted octanol–water partition coefficient (Wildman–Crippen LogP) is 2.68. The molecule has 1 saturated heterocycles. The van der Waals surface area contributed by atoms with E-state index in [-0.39, 0.29) is 5.91 Å². The van der Waals surface area contributed by atoms with Gasteiger partial charge in [-0.05, 0) is 36.7 Å². The number of rotatable bonds is 4. The van der Waals surface area contributed by atoms with Gasteiger partial charge in [0.05, 0.1) is 6.20 Å². The van der Waals surface area contributed by atoms with Crippen molar-refractivity contribution in [2.45, 2.75) is 0 Å². The van der Waals surface area contributed by atoms with Crippen molar-refractivity contribution >= 4 is 28.3 Å². The first-order chi connectivity index (χ1) is 15.2. The van der Waals surface area contributed by atoms with E-state index < -0.39 is 0 Å². The van der Waals surface area contributed by atoms with Crippen LogP contribution in [0.3, 0.4) is 0 Å². The van der Waals surface area contributed by atoms with E-state index in [1.165, 1.54) is 6.39 Å². The lowest BCUT2D eigenvalue weighted by Crippen LogP contribution is -2.44. The van der Waals surface area contributed by atoms with Crippen LogP contribution in [0.15, 0.2) is 59.9 Å². The van der Waals surface area contributed by atoms with Gasteiger partial charge >= 0.3 is 0 Å². The van der Waals surface area contributed by atoms with Crippen molar-refractivity contribution in [2.75, 3.05) is 43.4 Å². The molecule has 0 saturated carbocycles. The van der Waals surface area contributed by atoms with Crippen molar-refractivity contribution in [1.29, 1.82) is 0 Å². The molecule has 4 aromatic heterocycles. The molecule has 0 unspecified atom stereocenters. The highest BCUT2D eigenvalue weighted by atomic mass is 16.3. The number of aromatic nitrogens is 4. The molecular formula is C22H21N7O2. The maximum atomic E-state index is 12.8. The van der Waals surface area contributed by atoms with Gasteiger partial charge in [-0.1, -0.05) is 0 Å². The number of piperazine rings is 1. The van der Waals surface area contributed by atoms with Crippen LogP contribution in [-0.4, -0.2) is 64.0 Å². The summed E-state index contributed by atoms with van der Waals surface area (Å²) in [7, 11) is 2.11. The zero-order valence-electron chi connectivity index (χ0n) is 17.0. The van der Waals surface area contributed by atoms with Gasteiger partial charge in [0.2, 0.25) is 0 Å². The summed E-state index contributed by atoms with van der Waals surface area (Å²) in [5, 5.41) is 4.63. The molecule has 0 aliphatic carbocycles. The smallest absolute Gasteiger partial charge is 0.257 e. The van der Waals surface area contributed by atoms with Crippen LogP contribution >= 0.6 is 0 Å². The number of carbonyl (C=O) groups excluding carboxylic acids is 1. The maximum Gasteiger partial charge on any atom is 0.257 e. The highest BCUT2D eigenvalue weighted by Crippen LogP contribution is 2.23. The minimum absolute atomic E-state index is 0.228. The zero-order chi connectivity index (χ0) is 21.2. The second-order valence-corrected chi connectivity index (χ2v) is 7.50. The van der Waals surface area contributed by atoms with Crippen LogP contribution in [0.1, 0.15) is 10.4 Å². The summed E-state index contributed by atoms with van der Waals surface area (Å²) in [4.78, 5) is 34.4. The SMILES string of the molecule is CN1CCN(c2cc(C(=O)Nc3cc4cc(-c5cnco5)ncc4cn3)ccn2)CC1. The fourth-order valence-corrected chi connectivity index (χ4v) is 3.54. The molecule has 0 spiro atoms. The number of nitrogens with zero attached hydrogens (tertiary/aromatic N) is 6. The Kier molecular flexibility index (Phi) is 5.01. The van der Waals surface area contributed by atoms with Crippen molar-refractivity contribution < 1.29 is 9.21 Å². The minimum atomic E-state index is -0.228. The fourth-order valence-electron chi connectivity index (χ4n) is 3.54. The lowest BCUT2D eigenvalue weighted by Gasteiger charge is -2.33. The van der Waals surface area contributed by atoms with Crippen LogP contribution < -0.4 is 10.2 Å². The van der Waals surface area contributed by atoms with Crippen LogP contribution in [0.2, 0.25) is 0 Å². The first kappa shape index (κ1) is 19.1. The third-order valence-corrected chi connectivity index (χ3v) is 5.36. The van der Waals surface area contributed by atoms with Gasteiger partial charge < -0.3 is 19.5 Å². The Labute approximate surface area is 178 Å². The Morgan fingerprint density at radius 3 is 2.65 bits per heavy atom. The molecule has 0 aromatic carbocycles. The fraction of sp³-hybridized carbons (Fsp3) is 0.227. The number of hydrogen-bond donors (Lipinski definition) is 1. The summed E-state index contributed by atoms with van der Waals surface area (Å²) >= 11 is 0. The van der Waals surface area contributed by atoms with E-state index in [4.69, 9.17) is 4.42 Å². The molecule has 0 atom stereocenters. The van der Waals surface area contributed by atoms with Crippen molar-refractivity contribution in [3.05, 3.63) is 61.0 Å². The summed E-state index contributed by atoms with van der Waals surface area (Å²) < 4.78 is 5.32. The lowest BCUT2D eigenvalue weighted by atomic mass is 10.1. The minimum Gasteiger partial charge on any atom is -0.442 e. The Morgan fingerprint density at radius 2 is 1.84 bits per heavy atom. The molecule has 1 amide bonds. The predicted molar refractivity (Wildman–Crippen MR) is 117 cm³/mol. The van der Waals surface area contributed by atoms with Crippen molar-refractivity contribution in [3.8, 4) is 11.5 Å². The Bertz CT molecular complexity index is 1220. The average Bonchev–Trinajstić information content (AvgIpc) is 3.34. The lowest BCUT2D eigenvalue weighted by molar-refractivity contribution is 0.102. The Morgan fingerprint density at radius 1 is 1.00 bits per heavy atom. The van der Waals surface area contributed by atoms with Crippen LogP contribution in [0.5, 0.6) is 0 Å². The monoisotopic (exact) mass is 415 g/mol. The van der Waals surface area contributed by atoms with Gasteiger partial charge in [0.1, 0.15) is 17.3 Å². The molecule has 1 fully saturated rings. The average molecular weight is 415 g/mol. The molecule has 0 radical (unpaired) electrons. The van der Waals surface area contributed by atoms with Gasteiger partial charge in [-0.2, -0.15) is 0 Å². The van der Waals surface area contributed by atoms with E-state index in [1.54, 1.807) is 30.9 Å². The van der Waals surface area contributed by atoms with Gasteiger partial charge in [-0.15, -0.1) is 0 Å². The first-order valence-electron chi connectivity index (χ1n) is 10.0. The maximum absolute atomic E-state index is 12.8. The van der Waals surface area contributed by atoms with E-state index >= 15 is 0 Å². The third kappa shape index (κ3) is 4.08. The van der Waals surface area contributed by atoms with Gasteiger partial charge in [-0.25, -0.2) is 15.0 Å². The number of hydrogen-bond acceptors (Lipinski definition) is 8. The second kappa shape index (κ2) is 8.11. The van der Waals surface area contributed by atoms with Gasteiger partial charge in [0.25, 0.3) is 5.91 Å². The molecular weight excluding hydrogens is 394 g/mol. The summed E-state index contributed by atoms with van der Waals surface area (Å²) in [6.45, 7) is 3.73. The molecule has 156 valence electrons. The van der Waals surface area contributed by atoms with E-state index in [0.29, 0.717) is 22.8 Å². The molecule has 5 heterocycles. The van der Waals surface area contributed by atoms with Crippen LogP contribution in [0.25, 0.3) is 22.2 Å². The van der Waals surface area contributed by atoms with E-state index in [1.807, 2.05) is 18.2 Å². The number of amides is 1. The topological polar surface area (TPSA) is 100 Å². The number of nitrogens with one attached hydrogen (secondary N) is 1. The Balaban J connectivity index is 1.35.